The molecular weight excluding hydrogens is 260 g/mol. The molecule has 1 fully saturated rings. The second-order valence-electron chi connectivity index (χ2n) is 5.10. The van der Waals surface area contributed by atoms with E-state index in [0.717, 1.165) is 38.3 Å². The third-order valence-electron chi connectivity index (χ3n) is 3.57. The number of anilines is 1. The lowest BCUT2D eigenvalue weighted by molar-refractivity contribution is -0.385. The summed E-state index contributed by atoms with van der Waals surface area (Å²) in [6.07, 6.45) is 5.63. The molecule has 1 aliphatic rings. The molecule has 1 aromatic rings. The molecular formula is C13H16N4O3. The topological polar surface area (TPSA) is 112 Å². The van der Waals surface area contributed by atoms with E-state index in [2.05, 4.69) is 10.3 Å². The van der Waals surface area contributed by atoms with Crippen LogP contribution in [0.3, 0.4) is 0 Å². The lowest BCUT2D eigenvalue weighted by atomic mass is 9.85. The van der Waals surface area contributed by atoms with E-state index < -0.39 is 10.5 Å². The zero-order valence-electron chi connectivity index (χ0n) is 11.0. The molecule has 0 amide bonds. The maximum Gasteiger partial charge on any atom is 0.289 e. The molecule has 20 heavy (non-hydrogen) atoms. The van der Waals surface area contributed by atoms with Crippen molar-refractivity contribution in [3.63, 3.8) is 0 Å². The molecule has 1 saturated carbocycles. The summed E-state index contributed by atoms with van der Waals surface area (Å²) in [7, 11) is 0. The van der Waals surface area contributed by atoms with E-state index in [-0.39, 0.29) is 17.1 Å². The second-order valence-corrected chi connectivity index (χ2v) is 5.10. The quantitative estimate of drug-likeness (QED) is 0.642. The van der Waals surface area contributed by atoms with Gasteiger partial charge in [-0.2, -0.15) is 5.26 Å². The van der Waals surface area contributed by atoms with Crippen molar-refractivity contribution in [1.29, 1.82) is 5.26 Å². The smallest absolute Gasteiger partial charge is 0.289 e. The number of aliphatic hydroxyl groups is 1. The zero-order chi connectivity index (χ0) is 14.6. The fourth-order valence-corrected chi connectivity index (χ4v) is 2.41. The van der Waals surface area contributed by atoms with Gasteiger partial charge in [-0.15, -0.1) is 0 Å². The molecule has 2 N–H and O–H groups in total. The highest BCUT2D eigenvalue weighted by atomic mass is 16.6. The summed E-state index contributed by atoms with van der Waals surface area (Å²) in [6, 6.07) is 3.06. The summed E-state index contributed by atoms with van der Waals surface area (Å²) in [5.74, 6) is 0.275. The molecule has 0 radical (unpaired) electrons. The first-order valence-corrected chi connectivity index (χ1v) is 6.55. The first-order valence-electron chi connectivity index (χ1n) is 6.55. The molecule has 0 aliphatic heterocycles. The molecule has 0 bridgehead atoms. The lowest BCUT2D eigenvalue weighted by Crippen LogP contribution is -2.39. The van der Waals surface area contributed by atoms with Crippen LogP contribution in [0.1, 0.15) is 37.7 Å². The third-order valence-corrected chi connectivity index (χ3v) is 3.57. The summed E-state index contributed by atoms with van der Waals surface area (Å²) < 4.78 is 0. The lowest BCUT2D eigenvalue weighted by Gasteiger charge is -2.32. The average Bonchev–Trinajstić information content (AvgIpc) is 2.45. The highest BCUT2D eigenvalue weighted by Crippen LogP contribution is 2.28. The number of hydrogen-bond donors (Lipinski definition) is 2. The molecule has 7 nitrogen and oxygen atoms in total. The maximum absolute atomic E-state index is 10.6. The molecule has 1 aromatic heterocycles. The van der Waals surface area contributed by atoms with Crippen molar-refractivity contribution >= 4 is 11.5 Å². The van der Waals surface area contributed by atoms with Gasteiger partial charge >= 0.3 is 0 Å². The van der Waals surface area contributed by atoms with E-state index >= 15 is 0 Å². The third kappa shape index (κ3) is 3.22. The Morgan fingerprint density at radius 2 is 2.20 bits per heavy atom. The zero-order valence-corrected chi connectivity index (χ0v) is 11.0. The number of nitriles is 1. The van der Waals surface area contributed by atoms with Crippen LogP contribution >= 0.6 is 0 Å². The van der Waals surface area contributed by atoms with E-state index in [9.17, 15) is 15.2 Å². The van der Waals surface area contributed by atoms with E-state index in [1.54, 1.807) is 0 Å². The van der Waals surface area contributed by atoms with Crippen LogP contribution in [0.15, 0.2) is 12.3 Å². The van der Waals surface area contributed by atoms with E-state index in [0.29, 0.717) is 6.54 Å². The summed E-state index contributed by atoms with van der Waals surface area (Å²) in [5.41, 5.74) is -0.892. The summed E-state index contributed by atoms with van der Waals surface area (Å²) in [6.45, 7) is 0.298. The number of nitrogens with zero attached hydrogens (tertiary/aromatic N) is 3. The minimum Gasteiger partial charge on any atom is -0.388 e. The molecule has 1 heterocycles. The average molecular weight is 276 g/mol. The van der Waals surface area contributed by atoms with E-state index in [4.69, 9.17) is 5.26 Å². The molecule has 0 saturated heterocycles. The molecule has 106 valence electrons. The Kier molecular flexibility index (Phi) is 4.15. The normalized spacial score (nSPS) is 17.2. The molecule has 7 heteroatoms. The number of hydrogen-bond acceptors (Lipinski definition) is 6. The van der Waals surface area contributed by atoms with Crippen molar-refractivity contribution in [2.75, 3.05) is 11.9 Å². The van der Waals surface area contributed by atoms with Gasteiger partial charge in [0.1, 0.15) is 23.6 Å². The van der Waals surface area contributed by atoms with Gasteiger partial charge in [-0.1, -0.05) is 19.3 Å². The van der Waals surface area contributed by atoms with E-state index in [1.165, 1.54) is 6.07 Å². The number of nitro groups is 1. The van der Waals surface area contributed by atoms with E-state index in [1.807, 2.05) is 6.07 Å². The fourth-order valence-electron chi connectivity index (χ4n) is 2.41. The van der Waals surface area contributed by atoms with Gasteiger partial charge in [0.25, 0.3) is 5.69 Å². The van der Waals surface area contributed by atoms with Crippen LogP contribution in [0, 0.1) is 21.4 Å². The van der Waals surface area contributed by atoms with Gasteiger partial charge in [0, 0.05) is 12.6 Å². The van der Waals surface area contributed by atoms with Gasteiger partial charge < -0.3 is 10.4 Å². The summed E-state index contributed by atoms with van der Waals surface area (Å²) >= 11 is 0. The van der Waals surface area contributed by atoms with Gasteiger partial charge in [-0.3, -0.25) is 10.1 Å². The van der Waals surface area contributed by atoms with Crippen LogP contribution in [0.2, 0.25) is 0 Å². The SMILES string of the molecule is N#Cc1cc([N+](=O)[O-])cnc1NCC1(O)CCCCC1. The Morgan fingerprint density at radius 1 is 1.50 bits per heavy atom. The van der Waals surface area contributed by atoms with Crippen LogP contribution in [0.25, 0.3) is 0 Å². The largest absolute Gasteiger partial charge is 0.388 e. The first kappa shape index (κ1) is 14.2. The summed E-state index contributed by atoms with van der Waals surface area (Å²) in [4.78, 5) is 13.9. The Hall–Kier alpha value is -2.20. The van der Waals surface area contributed by atoms with Gasteiger partial charge in [0.15, 0.2) is 0 Å². The number of aromatic nitrogens is 1. The Balaban J connectivity index is 2.09. The van der Waals surface area contributed by atoms with Crippen molar-refractivity contribution in [2.24, 2.45) is 0 Å². The molecule has 0 unspecified atom stereocenters. The molecule has 2 rings (SSSR count). The van der Waals surface area contributed by atoms with Crippen molar-refractivity contribution in [3.05, 3.63) is 27.9 Å². The first-order chi connectivity index (χ1) is 9.54. The number of pyridine rings is 1. The van der Waals surface area contributed by atoms with Crippen molar-refractivity contribution in [1.82, 2.24) is 4.98 Å². The number of nitrogens with one attached hydrogen (secondary N) is 1. The van der Waals surface area contributed by atoms with Crippen molar-refractivity contribution in [3.8, 4) is 6.07 Å². The van der Waals surface area contributed by atoms with Crippen molar-refractivity contribution in [2.45, 2.75) is 37.7 Å². The predicted octanol–water partition coefficient (Wildman–Crippen LogP) is 1.97. The molecule has 1 aliphatic carbocycles. The molecule has 0 atom stereocenters. The predicted molar refractivity (Wildman–Crippen MR) is 72.1 cm³/mol. The minimum atomic E-state index is -0.783. The second kappa shape index (κ2) is 5.84. The Labute approximate surface area is 116 Å². The highest BCUT2D eigenvalue weighted by Gasteiger charge is 2.29. The van der Waals surface area contributed by atoms with Gasteiger partial charge in [-0.05, 0) is 12.8 Å². The monoisotopic (exact) mass is 276 g/mol. The van der Waals surface area contributed by atoms with Crippen molar-refractivity contribution < 1.29 is 10.0 Å². The van der Waals surface area contributed by atoms with Crippen LogP contribution in [0.4, 0.5) is 11.5 Å². The highest BCUT2D eigenvalue weighted by molar-refractivity contribution is 5.55. The van der Waals surface area contributed by atoms with Crippen LogP contribution in [-0.2, 0) is 0 Å². The minimum absolute atomic E-state index is 0.110. The summed E-state index contributed by atoms with van der Waals surface area (Å²) in [5, 5.41) is 32.9. The Bertz CT molecular complexity index is 547. The van der Waals surface area contributed by atoms with Crippen LogP contribution in [0.5, 0.6) is 0 Å². The van der Waals surface area contributed by atoms with Crippen LogP contribution < -0.4 is 5.32 Å². The molecule has 0 spiro atoms. The fraction of sp³-hybridized carbons (Fsp3) is 0.538. The van der Waals surface area contributed by atoms with Gasteiger partial charge in [-0.25, -0.2) is 4.98 Å². The number of rotatable bonds is 4. The maximum atomic E-state index is 10.6. The Morgan fingerprint density at radius 3 is 2.80 bits per heavy atom. The van der Waals surface area contributed by atoms with Gasteiger partial charge in [0.2, 0.25) is 0 Å². The standard InChI is InChI=1S/C13H16N4O3/c14-7-10-6-11(17(19)20)8-15-12(10)16-9-13(18)4-2-1-3-5-13/h6,8,18H,1-5,9H2,(H,15,16). The van der Waals surface area contributed by atoms with Crippen LogP contribution in [-0.4, -0.2) is 27.2 Å². The van der Waals surface area contributed by atoms with Gasteiger partial charge in [0.05, 0.1) is 10.5 Å². The molecule has 0 aromatic carbocycles.